The summed E-state index contributed by atoms with van der Waals surface area (Å²) in [5.41, 5.74) is -0.597. The van der Waals surface area contributed by atoms with Gasteiger partial charge in [-0.15, -0.1) is 0 Å². The van der Waals surface area contributed by atoms with E-state index >= 15 is 0 Å². The molecule has 3 N–H and O–H groups in total. The minimum Gasteiger partial charge on any atom is -0.756 e. The number of hydrogen-bond acceptors (Lipinski definition) is 8. The normalized spacial score (nSPS) is 23.2. The third-order valence-electron chi connectivity index (χ3n) is 4.26. The van der Waals surface area contributed by atoms with Crippen LogP contribution in [0.15, 0.2) is 39.9 Å². The van der Waals surface area contributed by atoms with Crippen LogP contribution in [0.3, 0.4) is 0 Å². The number of aromatic nitrogens is 2. The molecule has 0 aliphatic carbocycles. The van der Waals surface area contributed by atoms with E-state index in [2.05, 4.69) is 9.51 Å². The van der Waals surface area contributed by atoms with E-state index in [1.54, 1.807) is 24.3 Å². The Morgan fingerprint density at radius 3 is 2.59 bits per heavy atom. The summed E-state index contributed by atoms with van der Waals surface area (Å²) in [6.07, 6.45) is -3.30. The summed E-state index contributed by atoms with van der Waals surface area (Å²) in [6.45, 7) is -0.620. The average Bonchev–Trinajstić information content (AvgIpc) is 2.99. The van der Waals surface area contributed by atoms with Gasteiger partial charge in [-0.2, -0.15) is 0 Å². The van der Waals surface area contributed by atoms with Crippen molar-refractivity contribution in [3.8, 4) is 17.0 Å². The first-order valence-corrected chi connectivity index (χ1v) is 9.69. The molecule has 0 bridgehead atoms. The fourth-order valence-corrected chi connectivity index (χ4v) is 3.30. The first kappa shape index (κ1) is 24.0. The van der Waals surface area contributed by atoms with Gasteiger partial charge in [0.2, 0.25) is 0 Å². The smallest absolute Gasteiger partial charge is 0.756 e. The van der Waals surface area contributed by atoms with E-state index < -0.39 is 44.1 Å². The molecule has 1 saturated heterocycles. The van der Waals surface area contributed by atoms with Crippen molar-refractivity contribution in [2.24, 2.45) is 0 Å². The zero-order chi connectivity index (χ0) is 20.5. The van der Waals surface area contributed by atoms with Crippen LogP contribution in [0.1, 0.15) is 12.6 Å². The molecule has 29 heavy (non-hydrogen) atoms. The Morgan fingerprint density at radius 2 is 2.00 bits per heavy atom. The summed E-state index contributed by atoms with van der Waals surface area (Å²) in [5, 5.41) is 10.1. The van der Waals surface area contributed by atoms with Crippen LogP contribution in [0.2, 0.25) is 0 Å². The fraction of sp³-hybridized carbons (Fsp3) is 0.375. The molecule has 2 aromatic rings. The molecular formula is C16H18N2NaO9P. The standard InChI is InChI=1S/C16H19N2O9P.Na/c1-25-10-4-2-9(3-5-10)11-6-14(20)17-16(21)18(11)15-7-12(19)13(27-15)8-26-28(22,23)24;/h2-6,12-13,15,19H,7-8H2,1H3,(H,17,20,21)(H2,22,23,24);/q;+1/p-1/t12-,13+,15+;/m0./s1. The number of aliphatic hydroxyl groups is 1. The number of aromatic amines is 1. The molecule has 152 valence electrons. The molecule has 2 heterocycles. The SMILES string of the molecule is COc1ccc(-c2cc(=O)[nH]c(=O)n2[C@H]2C[C@H](O)[C@@H](COP(=O)([O-])O)O2)cc1.[Na+]. The summed E-state index contributed by atoms with van der Waals surface area (Å²) in [6, 6.07) is 7.81. The second kappa shape index (κ2) is 9.69. The third kappa shape index (κ3) is 5.88. The van der Waals surface area contributed by atoms with Gasteiger partial charge in [0, 0.05) is 12.5 Å². The van der Waals surface area contributed by atoms with Crippen molar-refractivity contribution in [3.63, 3.8) is 0 Å². The van der Waals surface area contributed by atoms with Crippen molar-refractivity contribution in [1.82, 2.24) is 9.55 Å². The Balaban J connectivity index is 0.00000300. The predicted octanol–water partition coefficient (Wildman–Crippen LogP) is -3.66. The number of phosphoric acid groups is 1. The van der Waals surface area contributed by atoms with Crippen LogP contribution in [0.5, 0.6) is 5.75 Å². The van der Waals surface area contributed by atoms with Gasteiger partial charge in [0.25, 0.3) is 13.4 Å². The predicted molar refractivity (Wildman–Crippen MR) is 93.6 cm³/mol. The van der Waals surface area contributed by atoms with E-state index in [1.807, 2.05) is 0 Å². The summed E-state index contributed by atoms with van der Waals surface area (Å²) in [4.78, 5) is 45.8. The maximum absolute atomic E-state index is 12.4. The molecule has 0 spiro atoms. The Bertz CT molecular complexity index is 1000. The minimum atomic E-state index is -4.99. The van der Waals surface area contributed by atoms with Crippen molar-refractivity contribution in [3.05, 3.63) is 51.2 Å². The first-order chi connectivity index (χ1) is 13.2. The first-order valence-electron chi connectivity index (χ1n) is 8.20. The summed E-state index contributed by atoms with van der Waals surface area (Å²) in [7, 11) is -3.49. The quantitative estimate of drug-likeness (QED) is 0.306. The number of methoxy groups -OCH3 is 1. The maximum atomic E-state index is 12.4. The van der Waals surface area contributed by atoms with E-state index in [4.69, 9.17) is 14.4 Å². The summed E-state index contributed by atoms with van der Waals surface area (Å²) < 4.78 is 26.8. The topological polar surface area (TPSA) is 163 Å². The molecule has 1 aromatic carbocycles. The number of rotatable bonds is 6. The van der Waals surface area contributed by atoms with Crippen molar-refractivity contribution in [1.29, 1.82) is 0 Å². The van der Waals surface area contributed by atoms with Crippen molar-refractivity contribution in [2.75, 3.05) is 13.7 Å². The molecule has 1 aromatic heterocycles. The molecule has 1 unspecified atom stereocenters. The van der Waals surface area contributed by atoms with Gasteiger partial charge in [-0.3, -0.25) is 18.9 Å². The second-order valence-electron chi connectivity index (χ2n) is 6.12. The molecule has 0 radical (unpaired) electrons. The average molecular weight is 436 g/mol. The van der Waals surface area contributed by atoms with Crippen LogP contribution >= 0.6 is 7.82 Å². The number of ether oxygens (including phenoxy) is 2. The third-order valence-corrected chi connectivity index (χ3v) is 4.73. The van der Waals surface area contributed by atoms with E-state index in [0.717, 1.165) is 4.57 Å². The molecule has 3 rings (SSSR count). The van der Waals surface area contributed by atoms with Gasteiger partial charge < -0.3 is 28.9 Å². The number of benzene rings is 1. The second-order valence-corrected chi connectivity index (χ2v) is 7.31. The Hall–Kier alpha value is -1.27. The largest absolute Gasteiger partial charge is 1.00 e. The molecule has 0 amide bonds. The molecule has 0 saturated carbocycles. The molecule has 11 nitrogen and oxygen atoms in total. The molecule has 1 aliphatic heterocycles. The van der Waals surface area contributed by atoms with E-state index in [0.29, 0.717) is 11.3 Å². The Morgan fingerprint density at radius 1 is 1.34 bits per heavy atom. The zero-order valence-electron chi connectivity index (χ0n) is 15.7. The van der Waals surface area contributed by atoms with Crippen molar-refractivity contribution < 1.29 is 63.0 Å². The molecule has 13 heteroatoms. The number of hydrogen-bond donors (Lipinski definition) is 3. The Kier molecular flexibility index (Phi) is 8.02. The fourth-order valence-electron chi connectivity index (χ4n) is 2.97. The van der Waals surface area contributed by atoms with E-state index in [9.17, 15) is 24.2 Å². The maximum Gasteiger partial charge on any atom is 1.00 e. The van der Waals surface area contributed by atoms with Gasteiger partial charge in [-0.1, -0.05) is 0 Å². The van der Waals surface area contributed by atoms with Gasteiger partial charge in [-0.05, 0) is 29.8 Å². The molecule has 4 atom stereocenters. The van der Waals surface area contributed by atoms with E-state index in [1.165, 1.54) is 13.2 Å². The molecule has 1 aliphatic rings. The number of aliphatic hydroxyl groups excluding tert-OH is 1. The van der Waals surface area contributed by atoms with Crippen LogP contribution in [0.4, 0.5) is 0 Å². The number of nitrogens with one attached hydrogen (secondary N) is 1. The number of nitrogens with zero attached hydrogens (tertiary/aromatic N) is 1. The van der Waals surface area contributed by atoms with Gasteiger partial charge in [0.05, 0.1) is 25.5 Å². The van der Waals surface area contributed by atoms with Crippen molar-refractivity contribution in [2.45, 2.75) is 24.9 Å². The van der Waals surface area contributed by atoms with Crippen LogP contribution in [-0.4, -0.2) is 45.5 Å². The number of phosphoric ester groups is 1. The molecular weight excluding hydrogens is 418 g/mol. The van der Waals surface area contributed by atoms with Gasteiger partial charge in [0.1, 0.15) is 18.1 Å². The minimum absolute atomic E-state index is 0. The number of H-pyrrole nitrogens is 1. The summed E-state index contributed by atoms with van der Waals surface area (Å²) in [5.74, 6) is 0.582. The van der Waals surface area contributed by atoms with Crippen LogP contribution in [0, 0.1) is 0 Å². The Labute approximate surface area is 186 Å². The van der Waals surface area contributed by atoms with Crippen LogP contribution < -0.4 is 50.4 Å². The van der Waals surface area contributed by atoms with E-state index in [-0.39, 0.29) is 41.7 Å². The van der Waals surface area contributed by atoms with Crippen molar-refractivity contribution >= 4 is 7.82 Å². The van der Waals surface area contributed by atoms with Gasteiger partial charge in [-0.25, -0.2) is 4.79 Å². The molecule has 1 fully saturated rings. The van der Waals surface area contributed by atoms with Crippen LogP contribution in [0.25, 0.3) is 11.3 Å². The van der Waals surface area contributed by atoms with Crippen LogP contribution in [-0.2, 0) is 13.8 Å². The zero-order valence-corrected chi connectivity index (χ0v) is 18.6. The monoisotopic (exact) mass is 436 g/mol. The van der Waals surface area contributed by atoms with Gasteiger partial charge in [0.15, 0.2) is 0 Å². The summed E-state index contributed by atoms with van der Waals surface area (Å²) >= 11 is 0. The van der Waals surface area contributed by atoms with Gasteiger partial charge >= 0.3 is 35.2 Å².